The molecule has 0 bridgehead atoms. The van der Waals surface area contributed by atoms with E-state index in [2.05, 4.69) is 28.9 Å². The standard InChI is InChI=1S/C22H28N2O3/c1-22(17-26-20-9-5-6-10-21(20)27-22)11-12-23-13-15-24(16-14-23)18-7-3-4-8-19(18)25-2/h3-10H,11-17H2,1-2H3. The third-order valence-electron chi connectivity index (χ3n) is 5.49. The molecule has 2 heterocycles. The van der Waals surface area contributed by atoms with E-state index in [9.17, 15) is 0 Å². The molecule has 1 atom stereocenters. The minimum Gasteiger partial charge on any atom is -0.495 e. The van der Waals surface area contributed by atoms with Gasteiger partial charge in [0.2, 0.25) is 0 Å². The molecule has 5 heteroatoms. The fourth-order valence-corrected chi connectivity index (χ4v) is 3.80. The number of methoxy groups -OCH3 is 1. The van der Waals surface area contributed by atoms with Crippen LogP contribution in [0.4, 0.5) is 5.69 Å². The number of hydrogen-bond acceptors (Lipinski definition) is 5. The highest BCUT2D eigenvalue weighted by atomic mass is 16.6. The molecule has 2 aliphatic rings. The monoisotopic (exact) mass is 368 g/mol. The average molecular weight is 368 g/mol. The van der Waals surface area contributed by atoms with Crippen molar-refractivity contribution in [3.05, 3.63) is 48.5 Å². The van der Waals surface area contributed by atoms with Crippen LogP contribution >= 0.6 is 0 Å². The molecule has 0 spiro atoms. The van der Waals surface area contributed by atoms with E-state index in [1.54, 1.807) is 7.11 Å². The minimum atomic E-state index is -0.270. The van der Waals surface area contributed by atoms with Crippen LogP contribution < -0.4 is 19.1 Å². The van der Waals surface area contributed by atoms with Crippen molar-refractivity contribution >= 4 is 5.69 Å². The van der Waals surface area contributed by atoms with Gasteiger partial charge < -0.3 is 19.1 Å². The normalized spacial score (nSPS) is 22.5. The SMILES string of the molecule is COc1ccccc1N1CCN(CCC2(C)COc3ccccc3O2)CC1. The smallest absolute Gasteiger partial charge is 0.162 e. The Morgan fingerprint density at radius 1 is 0.963 bits per heavy atom. The minimum absolute atomic E-state index is 0.270. The molecule has 2 aromatic rings. The van der Waals surface area contributed by atoms with Crippen molar-refractivity contribution in [1.82, 2.24) is 4.90 Å². The third-order valence-corrected chi connectivity index (χ3v) is 5.49. The Hall–Kier alpha value is -2.40. The zero-order valence-electron chi connectivity index (χ0n) is 16.2. The number of para-hydroxylation sites is 4. The van der Waals surface area contributed by atoms with E-state index >= 15 is 0 Å². The summed E-state index contributed by atoms with van der Waals surface area (Å²) in [6.45, 7) is 7.88. The van der Waals surface area contributed by atoms with Gasteiger partial charge in [0.05, 0.1) is 12.8 Å². The van der Waals surface area contributed by atoms with E-state index in [-0.39, 0.29) is 5.60 Å². The van der Waals surface area contributed by atoms with E-state index in [0.717, 1.165) is 56.4 Å². The number of nitrogens with zero attached hydrogens (tertiary/aromatic N) is 2. The maximum absolute atomic E-state index is 6.25. The molecule has 0 aromatic heterocycles. The molecule has 2 aromatic carbocycles. The van der Waals surface area contributed by atoms with Crippen LogP contribution in [0.3, 0.4) is 0 Å². The fourth-order valence-electron chi connectivity index (χ4n) is 3.80. The molecule has 1 saturated heterocycles. The quantitative estimate of drug-likeness (QED) is 0.808. The molecular formula is C22H28N2O3. The van der Waals surface area contributed by atoms with Gasteiger partial charge in [-0.15, -0.1) is 0 Å². The Morgan fingerprint density at radius 2 is 1.67 bits per heavy atom. The average Bonchev–Trinajstić information content (AvgIpc) is 2.72. The lowest BCUT2D eigenvalue weighted by molar-refractivity contribution is -0.00721. The molecule has 0 aliphatic carbocycles. The molecule has 1 fully saturated rings. The predicted octanol–water partition coefficient (Wildman–Crippen LogP) is 3.44. The van der Waals surface area contributed by atoms with Crippen LogP contribution in [-0.2, 0) is 0 Å². The summed E-state index contributed by atoms with van der Waals surface area (Å²) in [5.74, 6) is 2.65. The fraction of sp³-hybridized carbons (Fsp3) is 0.455. The summed E-state index contributed by atoms with van der Waals surface area (Å²) in [5.41, 5.74) is 0.918. The first kappa shape index (κ1) is 18.0. The number of fused-ring (bicyclic) bond motifs is 1. The van der Waals surface area contributed by atoms with Crippen molar-refractivity contribution in [2.24, 2.45) is 0 Å². The first-order valence-electron chi connectivity index (χ1n) is 9.68. The summed E-state index contributed by atoms with van der Waals surface area (Å²) in [6.07, 6.45) is 0.954. The van der Waals surface area contributed by atoms with Gasteiger partial charge in [0.1, 0.15) is 18.0 Å². The van der Waals surface area contributed by atoms with Crippen LogP contribution in [0.1, 0.15) is 13.3 Å². The highest BCUT2D eigenvalue weighted by Crippen LogP contribution is 2.36. The van der Waals surface area contributed by atoms with E-state index in [4.69, 9.17) is 14.2 Å². The van der Waals surface area contributed by atoms with E-state index in [1.165, 1.54) is 5.69 Å². The van der Waals surface area contributed by atoms with Gasteiger partial charge in [-0.3, -0.25) is 4.90 Å². The molecule has 1 unspecified atom stereocenters. The Kier molecular flexibility index (Phi) is 5.12. The van der Waals surface area contributed by atoms with E-state index < -0.39 is 0 Å². The van der Waals surface area contributed by atoms with Crippen LogP contribution in [0.5, 0.6) is 17.2 Å². The summed E-state index contributed by atoms with van der Waals surface area (Å²) >= 11 is 0. The Morgan fingerprint density at radius 3 is 2.44 bits per heavy atom. The first-order valence-corrected chi connectivity index (χ1v) is 9.68. The lowest BCUT2D eigenvalue weighted by atomic mass is 10.0. The molecule has 0 saturated carbocycles. The molecule has 0 N–H and O–H groups in total. The Balaban J connectivity index is 1.30. The largest absolute Gasteiger partial charge is 0.495 e. The zero-order valence-corrected chi connectivity index (χ0v) is 16.2. The van der Waals surface area contributed by atoms with Crippen molar-refractivity contribution in [3.8, 4) is 17.2 Å². The number of hydrogen-bond donors (Lipinski definition) is 0. The van der Waals surface area contributed by atoms with E-state index in [1.807, 2.05) is 36.4 Å². The van der Waals surface area contributed by atoms with Crippen LogP contribution in [0.15, 0.2) is 48.5 Å². The molecular weight excluding hydrogens is 340 g/mol. The lowest BCUT2D eigenvalue weighted by Gasteiger charge is -2.40. The topological polar surface area (TPSA) is 34.2 Å². The summed E-state index contributed by atoms with van der Waals surface area (Å²) in [5, 5.41) is 0. The third kappa shape index (κ3) is 3.98. The molecule has 4 rings (SSSR count). The van der Waals surface area contributed by atoms with Crippen molar-refractivity contribution < 1.29 is 14.2 Å². The highest BCUT2D eigenvalue weighted by molar-refractivity contribution is 5.58. The van der Waals surface area contributed by atoms with Gasteiger partial charge in [-0.1, -0.05) is 24.3 Å². The molecule has 2 aliphatic heterocycles. The Labute approximate surface area is 161 Å². The van der Waals surface area contributed by atoms with Gasteiger partial charge in [0.25, 0.3) is 0 Å². The van der Waals surface area contributed by atoms with Gasteiger partial charge in [-0.25, -0.2) is 0 Å². The molecule has 0 amide bonds. The van der Waals surface area contributed by atoms with Crippen molar-refractivity contribution in [2.45, 2.75) is 18.9 Å². The van der Waals surface area contributed by atoms with Gasteiger partial charge in [-0.05, 0) is 31.2 Å². The van der Waals surface area contributed by atoms with Crippen molar-refractivity contribution in [3.63, 3.8) is 0 Å². The van der Waals surface area contributed by atoms with Crippen molar-refractivity contribution in [1.29, 1.82) is 0 Å². The number of benzene rings is 2. The summed E-state index contributed by atoms with van der Waals surface area (Å²) < 4.78 is 17.7. The number of piperazine rings is 1. The second-order valence-corrected chi connectivity index (χ2v) is 7.54. The molecule has 5 nitrogen and oxygen atoms in total. The highest BCUT2D eigenvalue weighted by Gasteiger charge is 2.33. The maximum atomic E-state index is 6.25. The zero-order chi connectivity index (χ0) is 18.7. The van der Waals surface area contributed by atoms with Gasteiger partial charge in [0, 0.05) is 39.1 Å². The number of ether oxygens (including phenoxy) is 3. The lowest BCUT2D eigenvalue weighted by Crippen LogP contribution is -2.50. The predicted molar refractivity (Wildman–Crippen MR) is 107 cm³/mol. The van der Waals surface area contributed by atoms with Crippen molar-refractivity contribution in [2.75, 3.05) is 51.3 Å². The second kappa shape index (κ2) is 7.69. The first-order chi connectivity index (χ1) is 13.2. The summed E-state index contributed by atoms with van der Waals surface area (Å²) in [4.78, 5) is 4.93. The Bertz CT molecular complexity index is 774. The number of rotatable bonds is 5. The van der Waals surface area contributed by atoms with Gasteiger partial charge in [0.15, 0.2) is 11.5 Å². The maximum Gasteiger partial charge on any atom is 0.162 e. The van der Waals surface area contributed by atoms with E-state index in [0.29, 0.717) is 6.61 Å². The van der Waals surface area contributed by atoms with Crippen LogP contribution in [0, 0.1) is 0 Å². The molecule has 0 radical (unpaired) electrons. The van der Waals surface area contributed by atoms with Gasteiger partial charge in [-0.2, -0.15) is 0 Å². The van der Waals surface area contributed by atoms with Crippen LogP contribution in [-0.4, -0.2) is 56.9 Å². The van der Waals surface area contributed by atoms with Crippen LogP contribution in [0.2, 0.25) is 0 Å². The second-order valence-electron chi connectivity index (χ2n) is 7.54. The van der Waals surface area contributed by atoms with Crippen LogP contribution in [0.25, 0.3) is 0 Å². The summed E-state index contributed by atoms with van der Waals surface area (Å²) in [7, 11) is 1.74. The number of anilines is 1. The molecule has 144 valence electrons. The molecule has 27 heavy (non-hydrogen) atoms. The van der Waals surface area contributed by atoms with Gasteiger partial charge >= 0.3 is 0 Å². The summed E-state index contributed by atoms with van der Waals surface area (Å²) in [6, 6.07) is 16.2.